The van der Waals surface area contributed by atoms with Crippen LogP contribution < -0.4 is 0 Å². The van der Waals surface area contributed by atoms with Gasteiger partial charge in [0.25, 0.3) is 0 Å². The monoisotopic (exact) mass is 577 g/mol. The fraction of sp³-hybridized carbons (Fsp3) is 0.931. The van der Waals surface area contributed by atoms with Gasteiger partial charge < -0.3 is 24.1 Å². The molecule has 0 spiro atoms. The van der Waals surface area contributed by atoms with Crippen LogP contribution in [0.5, 0.6) is 0 Å². The molecule has 0 aliphatic carbocycles. The summed E-state index contributed by atoms with van der Waals surface area (Å²) in [5.74, 6) is 1.76. The van der Waals surface area contributed by atoms with E-state index >= 15 is 0 Å². The smallest absolute Gasteiger partial charge is 0.394 e. The zero-order chi connectivity index (χ0) is 30.7. The number of carbonyl (C=O) groups excluding carboxylic acids is 2. The molecule has 0 aromatic carbocycles. The normalized spacial score (nSPS) is 11.5. The van der Waals surface area contributed by atoms with Crippen LogP contribution in [0.2, 0.25) is 0 Å². The first-order chi connectivity index (χ1) is 16.7. The molecule has 0 fully saturated rings. The Hall–Kier alpha value is -0.240. The maximum atomic E-state index is 9.62. The number of alkyl halides is 1. The van der Waals surface area contributed by atoms with Crippen LogP contribution >= 0.6 is 23.2 Å². The zero-order valence-corrected chi connectivity index (χ0v) is 28.2. The van der Waals surface area contributed by atoms with E-state index in [1.807, 2.05) is 55.4 Å². The van der Waals surface area contributed by atoms with E-state index in [0.717, 1.165) is 19.1 Å². The Morgan fingerprint density at radius 1 is 0.730 bits per heavy atom. The van der Waals surface area contributed by atoms with Crippen molar-refractivity contribution in [1.82, 2.24) is 0 Å². The number of aliphatic hydroxyl groups is 1. The van der Waals surface area contributed by atoms with Gasteiger partial charge in [-0.2, -0.15) is 0 Å². The van der Waals surface area contributed by atoms with Crippen molar-refractivity contribution in [2.75, 3.05) is 0 Å². The highest BCUT2D eigenvalue weighted by atomic mass is 35.5. The molecule has 0 saturated carbocycles. The van der Waals surface area contributed by atoms with Gasteiger partial charge in [0.15, 0.2) is 6.29 Å². The van der Waals surface area contributed by atoms with Crippen molar-refractivity contribution in [2.45, 2.75) is 159 Å². The summed E-state index contributed by atoms with van der Waals surface area (Å²) in [6.45, 7) is 29.6. The molecule has 0 aromatic rings. The van der Waals surface area contributed by atoms with Crippen LogP contribution in [0, 0.1) is 17.8 Å². The van der Waals surface area contributed by atoms with Gasteiger partial charge >= 0.3 is 1.43 Å². The van der Waals surface area contributed by atoms with Crippen molar-refractivity contribution in [2.24, 2.45) is 17.8 Å². The molecule has 228 valence electrons. The Morgan fingerprint density at radius 3 is 1.19 bits per heavy atom. The summed E-state index contributed by atoms with van der Waals surface area (Å²) in [6.07, 6.45) is 4.05. The highest BCUT2D eigenvalue weighted by Gasteiger charge is 2.14. The minimum Gasteiger partial charge on any atom is -0.394 e. The van der Waals surface area contributed by atoms with Gasteiger partial charge in [0.1, 0.15) is 11.8 Å². The van der Waals surface area contributed by atoms with E-state index < -0.39 is 0 Å². The quantitative estimate of drug-likeness (QED) is 0.108. The lowest BCUT2D eigenvalue weighted by molar-refractivity contribution is -0.187. The average molecular weight is 579 g/mol. The molecule has 0 bridgehead atoms. The van der Waals surface area contributed by atoms with Gasteiger partial charge in [0.2, 0.25) is 5.24 Å². The lowest BCUT2D eigenvalue weighted by Crippen LogP contribution is -2.26. The number of hydrogen-bond acceptors (Lipinski definition) is 6. The van der Waals surface area contributed by atoms with E-state index in [9.17, 15) is 9.59 Å². The largest absolute Gasteiger partial charge is 1.00 e. The second kappa shape index (κ2) is 32.0. The molecule has 0 rings (SSSR count). The van der Waals surface area contributed by atoms with Crippen LogP contribution in [0.15, 0.2) is 0 Å². The van der Waals surface area contributed by atoms with E-state index in [1.165, 1.54) is 6.92 Å². The van der Waals surface area contributed by atoms with Gasteiger partial charge in [-0.3, -0.25) is 4.79 Å². The summed E-state index contributed by atoms with van der Waals surface area (Å²) >= 11 is 10.5. The van der Waals surface area contributed by atoms with E-state index in [1.54, 1.807) is 13.8 Å². The molecule has 0 aliphatic rings. The fourth-order valence-electron chi connectivity index (χ4n) is 2.05. The third-order valence-corrected chi connectivity index (χ3v) is 3.44. The maximum Gasteiger partial charge on any atom is 1.00 e. The molecular weight excluding hydrogens is 515 g/mol. The number of ether oxygens (including phenoxy) is 3. The second-order valence-electron chi connectivity index (χ2n) is 11.0. The van der Waals surface area contributed by atoms with E-state index in [-0.39, 0.29) is 42.9 Å². The summed E-state index contributed by atoms with van der Waals surface area (Å²) in [4.78, 5) is 18.8. The first kappa shape index (κ1) is 46.6. The minimum absolute atomic E-state index is 0. The molecular formula is C29H63Cl2O6+. The Balaban J connectivity index is -0.0000000907. The van der Waals surface area contributed by atoms with Crippen molar-refractivity contribution < 1.29 is 30.3 Å². The SMILES string of the molecule is CC(=O)Cl.CC(C)CC(Cl)OC(C)C.CC(C)CC(OC(C)C)OC(C)C.CC(C)CC=O.CC(C)O.[H+]. The number of aldehydes is 1. The average Bonchev–Trinajstić information content (AvgIpc) is 2.58. The number of halogens is 2. The van der Waals surface area contributed by atoms with Crippen LogP contribution in [0.3, 0.4) is 0 Å². The molecule has 0 saturated heterocycles. The molecule has 0 aromatic heterocycles. The molecule has 6 nitrogen and oxygen atoms in total. The van der Waals surface area contributed by atoms with Crippen LogP contribution in [0.4, 0.5) is 0 Å². The third kappa shape index (κ3) is 78.7. The summed E-state index contributed by atoms with van der Waals surface area (Å²) in [5.41, 5.74) is -0.111. The molecule has 0 heterocycles. The molecule has 1 N–H and O–H groups in total. The fourth-order valence-corrected chi connectivity index (χ4v) is 2.61. The van der Waals surface area contributed by atoms with Crippen LogP contribution in [-0.2, 0) is 23.8 Å². The van der Waals surface area contributed by atoms with Gasteiger partial charge in [0, 0.05) is 25.9 Å². The van der Waals surface area contributed by atoms with E-state index in [2.05, 4.69) is 39.3 Å². The molecule has 8 heteroatoms. The Morgan fingerprint density at radius 2 is 1.03 bits per heavy atom. The predicted octanol–water partition coefficient (Wildman–Crippen LogP) is 8.73. The number of aliphatic hydroxyl groups excluding tert-OH is 1. The first-order valence-electron chi connectivity index (χ1n) is 13.6. The number of hydrogen-bond donors (Lipinski definition) is 1. The van der Waals surface area contributed by atoms with Gasteiger partial charge in [-0.1, -0.05) is 53.1 Å². The summed E-state index contributed by atoms with van der Waals surface area (Å²) in [7, 11) is 0. The number of rotatable bonds is 12. The Bertz CT molecular complexity index is 433. The standard InChI is InChI=1S/C11H24O2.C8H17ClO.C5H10O.C3H8O.C2H3ClO/c1-8(2)7-11(12-9(3)4)13-10(5)6;1-6(2)5-8(9)10-7(3)4;1-5(2)3-4-6;1-3(2)4;1-2(3)4/h8-11H,7H2,1-6H3;6-8H,5H2,1-4H3;4-5H,3H2,1-2H3;3-4H,1-2H3;1H3/p+1. The Kier molecular flexibility index (Phi) is 40.3. The summed E-state index contributed by atoms with van der Waals surface area (Å²) < 4.78 is 16.6. The summed E-state index contributed by atoms with van der Waals surface area (Å²) in [6, 6.07) is 0. The molecule has 0 amide bonds. The topological polar surface area (TPSA) is 82.1 Å². The third-order valence-electron chi connectivity index (χ3n) is 3.16. The lowest BCUT2D eigenvalue weighted by Gasteiger charge is -2.24. The van der Waals surface area contributed by atoms with Crippen molar-refractivity contribution in [3.8, 4) is 0 Å². The van der Waals surface area contributed by atoms with Crippen molar-refractivity contribution >= 4 is 34.7 Å². The van der Waals surface area contributed by atoms with E-state index in [4.69, 9.17) is 30.9 Å². The first-order valence-corrected chi connectivity index (χ1v) is 14.4. The minimum atomic E-state index is -0.361. The van der Waals surface area contributed by atoms with Crippen LogP contribution in [0.25, 0.3) is 0 Å². The molecule has 0 aliphatic heterocycles. The van der Waals surface area contributed by atoms with Crippen LogP contribution in [-0.4, -0.2) is 52.9 Å². The van der Waals surface area contributed by atoms with Crippen molar-refractivity contribution in [1.29, 1.82) is 0 Å². The molecule has 0 radical (unpaired) electrons. The Labute approximate surface area is 242 Å². The van der Waals surface area contributed by atoms with Crippen molar-refractivity contribution in [3.05, 3.63) is 0 Å². The summed E-state index contributed by atoms with van der Waals surface area (Å²) in [5, 5.41) is 7.69. The van der Waals surface area contributed by atoms with Gasteiger partial charge in [0.05, 0.1) is 18.3 Å². The molecule has 1 atom stereocenters. The highest BCUT2D eigenvalue weighted by Crippen LogP contribution is 2.14. The van der Waals surface area contributed by atoms with E-state index in [0.29, 0.717) is 24.2 Å². The number of carbonyl (C=O) groups is 2. The van der Waals surface area contributed by atoms with Gasteiger partial charge in [-0.05, 0) is 91.2 Å². The maximum absolute atomic E-state index is 9.62. The molecule has 37 heavy (non-hydrogen) atoms. The lowest BCUT2D eigenvalue weighted by atomic mass is 10.1. The second-order valence-corrected chi connectivity index (χ2v) is 12.0. The van der Waals surface area contributed by atoms with Gasteiger partial charge in [-0.15, -0.1) is 0 Å². The highest BCUT2D eigenvalue weighted by molar-refractivity contribution is 6.62. The predicted molar refractivity (Wildman–Crippen MR) is 162 cm³/mol. The zero-order valence-electron chi connectivity index (χ0n) is 27.6. The van der Waals surface area contributed by atoms with Crippen molar-refractivity contribution in [3.63, 3.8) is 0 Å². The van der Waals surface area contributed by atoms with Crippen LogP contribution in [0.1, 0.15) is 125 Å². The molecule has 1 unspecified atom stereocenters. The van der Waals surface area contributed by atoms with Gasteiger partial charge in [-0.25, -0.2) is 0 Å².